The van der Waals surface area contributed by atoms with Crippen molar-refractivity contribution in [3.8, 4) is 0 Å². The SMILES string of the molecule is OC1CCCC1O.OCCCCCO. The molecule has 1 aliphatic carbocycles. The highest BCUT2D eigenvalue weighted by Crippen LogP contribution is 2.17. The maximum atomic E-state index is 8.75. The molecule has 1 rings (SSSR count). The third-order valence-corrected chi connectivity index (χ3v) is 2.26. The molecule has 0 aromatic heterocycles. The van der Waals surface area contributed by atoms with Crippen LogP contribution in [0.4, 0.5) is 0 Å². The molecule has 2 unspecified atom stereocenters. The van der Waals surface area contributed by atoms with Crippen LogP contribution in [0.3, 0.4) is 0 Å². The van der Waals surface area contributed by atoms with Crippen molar-refractivity contribution in [1.82, 2.24) is 0 Å². The first-order valence-corrected chi connectivity index (χ1v) is 5.30. The predicted molar refractivity (Wildman–Crippen MR) is 53.9 cm³/mol. The number of hydrogen-bond donors (Lipinski definition) is 4. The second kappa shape index (κ2) is 9.40. The number of aliphatic hydroxyl groups is 4. The van der Waals surface area contributed by atoms with Gasteiger partial charge < -0.3 is 20.4 Å². The van der Waals surface area contributed by atoms with Crippen LogP contribution in [0.25, 0.3) is 0 Å². The highest BCUT2D eigenvalue weighted by atomic mass is 16.3. The van der Waals surface area contributed by atoms with Crippen molar-refractivity contribution >= 4 is 0 Å². The van der Waals surface area contributed by atoms with Gasteiger partial charge in [0.15, 0.2) is 0 Å². The first-order chi connectivity index (χ1) is 6.72. The Balaban J connectivity index is 0.000000241. The van der Waals surface area contributed by atoms with Gasteiger partial charge in [0.1, 0.15) is 0 Å². The van der Waals surface area contributed by atoms with Crippen LogP contribution in [0.5, 0.6) is 0 Å². The Kier molecular flexibility index (Phi) is 9.29. The lowest BCUT2D eigenvalue weighted by Gasteiger charge is -2.03. The van der Waals surface area contributed by atoms with Crippen LogP contribution in [0.1, 0.15) is 38.5 Å². The molecule has 4 heteroatoms. The van der Waals surface area contributed by atoms with Gasteiger partial charge in [0.05, 0.1) is 12.2 Å². The summed E-state index contributed by atoms with van der Waals surface area (Å²) in [5, 5.41) is 33.9. The van der Waals surface area contributed by atoms with Gasteiger partial charge in [-0.15, -0.1) is 0 Å². The highest BCUT2D eigenvalue weighted by molar-refractivity contribution is 4.74. The van der Waals surface area contributed by atoms with E-state index in [1.54, 1.807) is 0 Å². The van der Waals surface area contributed by atoms with Crippen LogP contribution in [-0.4, -0.2) is 45.8 Å². The minimum atomic E-state index is -0.431. The van der Waals surface area contributed by atoms with Crippen LogP contribution in [0, 0.1) is 0 Å². The number of rotatable bonds is 4. The van der Waals surface area contributed by atoms with Gasteiger partial charge in [0.25, 0.3) is 0 Å². The van der Waals surface area contributed by atoms with Crippen molar-refractivity contribution in [2.75, 3.05) is 13.2 Å². The van der Waals surface area contributed by atoms with E-state index in [1.807, 2.05) is 0 Å². The topological polar surface area (TPSA) is 80.9 Å². The molecule has 1 saturated carbocycles. The molecule has 4 nitrogen and oxygen atoms in total. The van der Waals surface area contributed by atoms with Crippen LogP contribution in [0.15, 0.2) is 0 Å². The van der Waals surface area contributed by atoms with E-state index in [1.165, 1.54) is 0 Å². The van der Waals surface area contributed by atoms with Gasteiger partial charge in [0, 0.05) is 13.2 Å². The fourth-order valence-electron chi connectivity index (χ4n) is 1.32. The average molecular weight is 206 g/mol. The van der Waals surface area contributed by atoms with Crippen LogP contribution in [0.2, 0.25) is 0 Å². The molecule has 0 bridgehead atoms. The Morgan fingerprint density at radius 2 is 1.21 bits per heavy atom. The molecule has 0 saturated heterocycles. The molecule has 0 spiro atoms. The first-order valence-electron chi connectivity index (χ1n) is 5.30. The third-order valence-electron chi connectivity index (χ3n) is 2.26. The Bertz CT molecular complexity index is 107. The summed E-state index contributed by atoms with van der Waals surface area (Å²) in [6.07, 6.45) is 4.25. The van der Waals surface area contributed by atoms with E-state index in [9.17, 15) is 0 Å². The largest absolute Gasteiger partial charge is 0.396 e. The smallest absolute Gasteiger partial charge is 0.0799 e. The fraction of sp³-hybridized carbons (Fsp3) is 1.00. The fourth-order valence-corrected chi connectivity index (χ4v) is 1.32. The molecule has 0 heterocycles. The van der Waals surface area contributed by atoms with Crippen molar-refractivity contribution in [2.24, 2.45) is 0 Å². The summed E-state index contributed by atoms with van der Waals surface area (Å²) >= 11 is 0. The molecule has 1 fully saturated rings. The summed E-state index contributed by atoms with van der Waals surface area (Å²) in [5.41, 5.74) is 0. The van der Waals surface area contributed by atoms with Crippen molar-refractivity contribution in [2.45, 2.75) is 50.7 Å². The Morgan fingerprint density at radius 1 is 0.786 bits per heavy atom. The molecular formula is C10H22O4. The third kappa shape index (κ3) is 7.26. The van der Waals surface area contributed by atoms with E-state index in [0.29, 0.717) is 0 Å². The van der Waals surface area contributed by atoms with E-state index in [0.717, 1.165) is 38.5 Å². The van der Waals surface area contributed by atoms with Gasteiger partial charge in [0.2, 0.25) is 0 Å². The summed E-state index contributed by atoms with van der Waals surface area (Å²) in [7, 11) is 0. The summed E-state index contributed by atoms with van der Waals surface area (Å²) in [4.78, 5) is 0. The maximum Gasteiger partial charge on any atom is 0.0799 e. The monoisotopic (exact) mass is 206 g/mol. The zero-order chi connectivity index (χ0) is 10.8. The number of hydrogen-bond acceptors (Lipinski definition) is 4. The summed E-state index contributed by atoms with van der Waals surface area (Å²) in [6.45, 7) is 0.500. The highest BCUT2D eigenvalue weighted by Gasteiger charge is 2.21. The van der Waals surface area contributed by atoms with E-state index >= 15 is 0 Å². The number of unbranched alkanes of at least 4 members (excludes halogenated alkanes) is 2. The quantitative estimate of drug-likeness (QED) is 0.489. The Labute approximate surface area is 85.2 Å². The molecule has 0 amide bonds. The minimum absolute atomic E-state index is 0.250. The summed E-state index contributed by atoms with van der Waals surface area (Å²) < 4.78 is 0. The molecule has 0 aliphatic heterocycles. The second-order valence-corrected chi connectivity index (χ2v) is 3.57. The second-order valence-electron chi connectivity index (χ2n) is 3.57. The Morgan fingerprint density at radius 3 is 1.43 bits per heavy atom. The molecule has 86 valence electrons. The van der Waals surface area contributed by atoms with Crippen molar-refractivity contribution in [3.05, 3.63) is 0 Å². The lowest BCUT2D eigenvalue weighted by Crippen LogP contribution is -2.17. The van der Waals surface area contributed by atoms with Gasteiger partial charge >= 0.3 is 0 Å². The summed E-state index contributed by atoms with van der Waals surface area (Å²) in [5.74, 6) is 0. The minimum Gasteiger partial charge on any atom is -0.396 e. The van der Waals surface area contributed by atoms with Crippen LogP contribution in [-0.2, 0) is 0 Å². The van der Waals surface area contributed by atoms with Gasteiger partial charge in [-0.05, 0) is 38.5 Å². The van der Waals surface area contributed by atoms with E-state index < -0.39 is 12.2 Å². The Hall–Kier alpha value is -0.160. The number of aliphatic hydroxyl groups excluding tert-OH is 4. The zero-order valence-electron chi connectivity index (χ0n) is 8.60. The standard InChI is InChI=1S/C5H10O2.C5H12O2/c6-4-2-1-3-5(4)7;6-4-2-1-3-5-7/h4-7H,1-3H2;6-7H,1-5H2. The normalized spacial score (nSPS) is 25.7. The maximum absolute atomic E-state index is 8.75. The molecule has 0 radical (unpaired) electrons. The predicted octanol–water partition coefficient (Wildman–Crippen LogP) is 0.0334. The molecule has 1 aliphatic rings. The van der Waals surface area contributed by atoms with Gasteiger partial charge in [-0.1, -0.05) is 0 Å². The van der Waals surface area contributed by atoms with Gasteiger partial charge in [-0.3, -0.25) is 0 Å². The molecule has 0 aromatic rings. The molecular weight excluding hydrogens is 184 g/mol. The first kappa shape index (κ1) is 13.8. The van der Waals surface area contributed by atoms with E-state index in [4.69, 9.17) is 20.4 Å². The van der Waals surface area contributed by atoms with Crippen LogP contribution < -0.4 is 0 Å². The van der Waals surface area contributed by atoms with Gasteiger partial charge in [-0.2, -0.15) is 0 Å². The van der Waals surface area contributed by atoms with Crippen molar-refractivity contribution in [3.63, 3.8) is 0 Å². The average Bonchev–Trinajstić information content (AvgIpc) is 2.53. The van der Waals surface area contributed by atoms with Gasteiger partial charge in [-0.25, -0.2) is 0 Å². The molecule has 2 atom stereocenters. The van der Waals surface area contributed by atoms with E-state index in [-0.39, 0.29) is 13.2 Å². The van der Waals surface area contributed by atoms with Crippen molar-refractivity contribution in [1.29, 1.82) is 0 Å². The molecule has 14 heavy (non-hydrogen) atoms. The lowest BCUT2D eigenvalue weighted by atomic mass is 10.2. The summed E-state index contributed by atoms with van der Waals surface area (Å²) in [6, 6.07) is 0. The van der Waals surface area contributed by atoms with E-state index in [2.05, 4.69) is 0 Å². The molecule has 0 aromatic carbocycles. The zero-order valence-corrected chi connectivity index (χ0v) is 8.60. The lowest BCUT2D eigenvalue weighted by molar-refractivity contribution is 0.0438. The van der Waals surface area contributed by atoms with Crippen molar-refractivity contribution < 1.29 is 20.4 Å². The molecule has 4 N–H and O–H groups in total. The van der Waals surface area contributed by atoms with Crippen LogP contribution >= 0.6 is 0 Å².